The summed E-state index contributed by atoms with van der Waals surface area (Å²) >= 11 is 0. The molecule has 1 saturated heterocycles. The number of carbonyl (C=O) groups excluding carboxylic acids is 1. The highest BCUT2D eigenvalue weighted by Gasteiger charge is 2.21. The summed E-state index contributed by atoms with van der Waals surface area (Å²) in [5.74, 6) is 0. The van der Waals surface area contributed by atoms with Gasteiger partial charge in [-0.2, -0.15) is 4.31 Å². The van der Waals surface area contributed by atoms with Crippen molar-refractivity contribution >= 4 is 21.7 Å². The number of nitrogens with one attached hydrogen (secondary N) is 1. The van der Waals surface area contributed by atoms with E-state index in [0.29, 0.717) is 12.2 Å². The summed E-state index contributed by atoms with van der Waals surface area (Å²) in [6, 6.07) is 6.11. The SMILES string of the molecule is C=CCN(C)S(=O)(=O)c1ccc(NC(=O)N2CCCN(CCC)CC2)cc1. The van der Waals surface area contributed by atoms with Gasteiger partial charge < -0.3 is 15.1 Å². The number of hydrogen-bond donors (Lipinski definition) is 1. The summed E-state index contributed by atoms with van der Waals surface area (Å²) in [4.78, 5) is 16.9. The second-order valence-corrected chi connectivity index (χ2v) is 8.76. The molecule has 0 radical (unpaired) electrons. The van der Waals surface area contributed by atoms with Crippen molar-refractivity contribution in [1.29, 1.82) is 0 Å². The van der Waals surface area contributed by atoms with Crippen LogP contribution in [-0.2, 0) is 10.0 Å². The molecule has 1 fully saturated rings. The van der Waals surface area contributed by atoms with E-state index in [1.165, 1.54) is 29.6 Å². The van der Waals surface area contributed by atoms with Crippen LogP contribution in [0.2, 0.25) is 0 Å². The zero-order valence-electron chi connectivity index (χ0n) is 16.2. The van der Waals surface area contributed by atoms with Gasteiger partial charge in [0.25, 0.3) is 0 Å². The largest absolute Gasteiger partial charge is 0.323 e. The number of hydrogen-bond acceptors (Lipinski definition) is 4. The van der Waals surface area contributed by atoms with Gasteiger partial charge >= 0.3 is 6.03 Å². The van der Waals surface area contributed by atoms with Crippen molar-refractivity contribution in [2.75, 3.05) is 51.6 Å². The van der Waals surface area contributed by atoms with Crippen molar-refractivity contribution in [3.05, 3.63) is 36.9 Å². The summed E-state index contributed by atoms with van der Waals surface area (Å²) in [6.45, 7) is 10.3. The van der Waals surface area contributed by atoms with Gasteiger partial charge in [0.1, 0.15) is 0 Å². The van der Waals surface area contributed by atoms with Crippen LogP contribution in [0.25, 0.3) is 0 Å². The highest BCUT2D eigenvalue weighted by molar-refractivity contribution is 7.89. The number of nitrogens with zero attached hydrogens (tertiary/aromatic N) is 3. The quantitative estimate of drug-likeness (QED) is 0.721. The number of urea groups is 1. The minimum atomic E-state index is -3.55. The number of benzene rings is 1. The molecule has 7 nitrogen and oxygen atoms in total. The molecule has 2 amide bonds. The Morgan fingerprint density at radius 1 is 1.22 bits per heavy atom. The Hall–Kier alpha value is -1.90. The van der Waals surface area contributed by atoms with Crippen LogP contribution in [0, 0.1) is 0 Å². The molecular weight excluding hydrogens is 364 g/mol. The van der Waals surface area contributed by atoms with Crippen LogP contribution in [0.4, 0.5) is 10.5 Å². The van der Waals surface area contributed by atoms with Gasteiger partial charge in [-0.15, -0.1) is 6.58 Å². The van der Waals surface area contributed by atoms with Crippen molar-refractivity contribution < 1.29 is 13.2 Å². The number of sulfonamides is 1. The summed E-state index contributed by atoms with van der Waals surface area (Å²) in [6.07, 6.45) is 3.61. The molecule has 0 unspecified atom stereocenters. The molecule has 2 rings (SSSR count). The summed E-state index contributed by atoms with van der Waals surface area (Å²) < 4.78 is 26.0. The van der Waals surface area contributed by atoms with Crippen molar-refractivity contribution in [3.63, 3.8) is 0 Å². The van der Waals surface area contributed by atoms with E-state index < -0.39 is 10.0 Å². The molecule has 8 heteroatoms. The second kappa shape index (κ2) is 9.87. The smallest absolute Gasteiger partial charge is 0.321 e. The number of anilines is 1. The van der Waals surface area contributed by atoms with E-state index in [0.717, 1.165) is 39.0 Å². The predicted molar refractivity (Wildman–Crippen MR) is 108 cm³/mol. The van der Waals surface area contributed by atoms with Crippen molar-refractivity contribution in [1.82, 2.24) is 14.1 Å². The van der Waals surface area contributed by atoms with Crippen molar-refractivity contribution in [2.24, 2.45) is 0 Å². The molecule has 0 bridgehead atoms. The molecule has 27 heavy (non-hydrogen) atoms. The molecule has 0 aromatic heterocycles. The van der Waals surface area contributed by atoms with Gasteiger partial charge in [-0.05, 0) is 50.2 Å². The Morgan fingerprint density at radius 3 is 2.56 bits per heavy atom. The van der Waals surface area contributed by atoms with Gasteiger partial charge in [0.2, 0.25) is 10.0 Å². The topological polar surface area (TPSA) is 73.0 Å². The number of rotatable bonds is 7. The maximum absolute atomic E-state index is 12.5. The molecule has 1 aromatic carbocycles. The molecule has 1 heterocycles. The zero-order chi connectivity index (χ0) is 19.9. The van der Waals surface area contributed by atoms with E-state index in [2.05, 4.69) is 23.7 Å². The summed E-state index contributed by atoms with van der Waals surface area (Å²) in [5.41, 5.74) is 0.583. The monoisotopic (exact) mass is 394 g/mol. The predicted octanol–water partition coefficient (Wildman–Crippen LogP) is 2.44. The fourth-order valence-electron chi connectivity index (χ4n) is 3.09. The van der Waals surface area contributed by atoms with E-state index >= 15 is 0 Å². The first-order valence-corrected chi connectivity index (χ1v) is 10.8. The van der Waals surface area contributed by atoms with Crippen LogP contribution in [-0.4, -0.2) is 74.9 Å². The lowest BCUT2D eigenvalue weighted by Crippen LogP contribution is -2.38. The molecular formula is C19H30N4O3S. The van der Waals surface area contributed by atoms with E-state index in [9.17, 15) is 13.2 Å². The van der Waals surface area contributed by atoms with Crippen LogP contribution in [0.3, 0.4) is 0 Å². The van der Waals surface area contributed by atoms with Crippen molar-refractivity contribution in [2.45, 2.75) is 24.7 Å². The second-order valence-electron chi connectivity index (χ2n) is 6.71. The van der Waals surface area contributed by atoms with Crippen LogP contribution in [0.15, 0.2) is 41.8 Å². The normalized spacial score (nSPS) is 16.2. The first-order chi connectivity index (χ1) is 12.9. The molecule has 1 aromatic rings. The fraction of sp³-hybridized carbons (Fsp3) is 0.526. The lowest BCUT2D eigenvalue weighted by Gasteiger charge is -2.22. The molecule has 1 aliphatic rings. The first-order valence-electron chi connectivity index (χ1n) is 9.34. The van der Waals surface area contributed by atoms with E-state index in [4.69, 9.17) is 0 Å². The minimum absolute atomic E-state index is 0.146. The number of carbonyl (C=O) groups is 1. The van der Waals surface area contributed by atoms with Gasteiger partial charge in [-0.25, -0.2) is 13.2 Å². The Labute approximate surface area is 162 Å². The highest BCUT2D eigenvalue weighted by Crippen LogP contribution is 2.18. The summed E-state index contributed by atoms with van der Waals surface area (Å²) in [5, 5.41) is 2.86. The van der Waals surface area contributed by atoms with Crippen LogP contribution >= 0.6 is 0 Å². The summed E-state index contributed by atoms with van der Waals surface area (Å²) in [7, 11) is -2.04. The first kappa shape index (κ1) is 21.4. The van der Waals surface area contributed by atoms with Gasteiger partial charge in [-0.3, -0.25) is 0 Å². The third-order valence-electron chi connectivity index (χ3n) is 4.62. The van der Waals surface area contributed by atoms with Gasteiger partial charge in [0.05, 0.1) is 4.90 Å². The van der Waals surface area contributed by atoms with E-state index in [1.54, 1.807) is 12.1 Å². The molecule has 0 spiro atoms. The lowest BCUT2D eigenvalue weighted by atomic mass is 10.3. The Bertz CT molecular complexity index is 734. The third kappa shape index (κ3) is 5.79. The minimum Gasteiger partial charge on any atom is -0.323 e. The van der Waals surface area contributed by atoms with E-state index in [-0.39, 0.29) is 17.5 Å². The maximum Gasteiger partial charge on any atom is 0.321 e. The maximum atomic E-state index is 12.5. The molecule has 0 atom stereocenters. The molecule has 1 N–H and O–H groups in total. The Balaban J connectivity index is 1.98. The van der Waals surface area contributed by atoms with Gasteiger partial charge in [-0.1, -0.05) is 13.0 Å². The van der Waals surface area contributed by atoms with Crippen molar-refractivity contribution in [3.8, 4) is 0 Å². The average molecular weight is 395 g/mol. The third-order valence-corrected chi connectivity index (χ3v) is 6.45. The Morgan fingerprint density at radius 2 is 1.93 bits per heavy atom. The standard InChI is InChI=1S/C19H30N4O3S/c1-4-11-21(3)27(25,26)18-9-7-17(8-10-18)20-19(24)23-14-6-13-22(12-5-2)15-16-23/h4,7-10H,1,5-6,11-16H2,2-3H3,(H,20,24). The fourth-order valence-corrected chi connectivity index (χ4v) is 4.23. The van der Waals surface area contributed by atoms with Crippen LogP contribution in [0.1, 0.15) is 19.8 Å². The number of amides is 2. The molecule has 0 aliphatic carbocycles. The highest BCUT2D eigenvalue weighted by atomic mass is 32.2. The molecule has 0 saturated carbocycles. The van der Waals surface area contributed by atoms with Gasteiger partial charge in [0.15, 0.2) is 0 Å². The van der Waals surface area contributed by atoms with Crippen LogP contribution in [0.5, 0.6) is 0 Å². The lowest BCUT2D eigenvalue weighted by molar-refractivity contribution is 0.211. The average Bonchev–Trinajstić information content (AvgIpc) is 2.88. The molecule has 150 valence electrons. The number of likely N-dealkylation sites (N-methyl/N-ethyl adjacent to an activating group) is 1. The Kier molecular flexibility index (Phi) is 7.82. The van der Waals surface area contributed by atoms with Gasteiger partial charge in [0, 0.05) is 38.9 Å². The zero-order valence-corrected chi connectivity index (χ0v) is 17.0. The van der Waals surface area contributed by atoms with Crippen LogP contribution < -0.4 is 5.32 Å². The molecule has 1 aliphatic heterocycles. The van der Waals surface area contributed by atoms with E-state index in [1.807, 2.05) is 4.90 Å².